The van der Waals surface area contributed by atoms with Crippen LogP contribution in [0, 0.1) is 17.2 Å². The van der Waals surface area contributed by atoms with Crippen LogP contribution in [-0.4, -0.2) is 58.0 Å². The molecule has 2 amide bonds. The van der Waals surface area contributed by atoms with E-state index in [1.165, 1.54) is 25.3 Å². The Morgan fingerprint density at radius 1 is 1.26 bits per heavy atom. The van der Waals surface area contributed by atoms with E-state index in [2.05, 4.69) is 10.3 Å². The van der Waals surface area contributed by atoms with Crippen molar-refractivity contribution in [3.63, 3.8) is 0 Å². The number of alkyl halides is 2. The Morgan fingerprint density at radius 3 is 2.65 bits per heavy atom. The van der Waals surface area contributed by atoms with E-state index < -0.39 is 30.6 Å². The summed E-state index contributed by atoms with van der Waals surface area (Å²) in [6.07, 6.45) is 0.250. The molecule has 1 saturated carbocycles. The number of aromatic nitrogens is 1. The van der Waals surface area contributed by atoms with Crippen molar-refractivity contribution < 1.29 is 28.2 Å². The van der Waals surface area contributed by atoms with Gasteiger partial charge in [0.2, 0.25) is 5.91 Å². The molecule has 34 heavy (non-hydrogen) atoms. The first-order valence-electron chi connectivity index (χ1n) is 11.0. The maximum atomic E-state index is 14.7. The molecule has 10 heteroatoms. The van der Waals surface area contributed by atoms with Crippen LogP contribution in [0.25, 0.3) is 11.1 Å². The van der Waals surface area contributed by atoms with E-state index in [0.717, 1.165) is 17.7 Å². The largest absolute Gasteiger partial charge is 0.483 e. The van der Waals surface area contributed by atoms with Crippen LogP contribution in [0.1, 0.15) is 31.7 Å². The predicted octanol–water partition coefficient (Wildman–Crippen LogP) is 2.96. The van der Waals surface area contributed by atoms with Crippen molar-refractivity contribution in [3.8, 4) is 22.9 Å². The molecule has 2 N–H and O–H groups in total. The number of amides is 2. The summed E-state index contributed by atoms with van der Waals surface area (Å²) in [5, 5.41) is 21.8. The third-order valence-electron chi connectivity index (χ3n) is 5.86. The Labute approximate surface area is 195 Å². The number of nitrogens with one attached hydrogen (secondary N) is 1. The second-order valence-corrected chi connectivity index (χ2v) is 8.61. The second-order valence-electron chi connectivity index (χ2n) is 8.61. The molecule has 0 unspecified atom stereocenters. The first kappa shape index (κ1) is 23.6. The average molecular weight is 470 g/mol. The highest BCUT2D eigenvalue weighted by molar-refractivity contribution is 5.93. The molecule has 1 aromatic carbocycles. The van der Waals surface area contributed by atoms with E-state index in [0.29, 0.717) is 16.9 Å². The van der Waals surface area contributed by atoms with Crippen molar-refractivity contribution in [2.24, 2.45) is 5.92 Å². The van der Waals surface area contributed by atoms with Crippen molar-refractivity contribution in [2.75, 3.05) is 18.4 Å². The third-order valence-corrected chi connectivity index (χ3v) is 5.86. The number of anilines is 1. The van der Waals surface area contributed by atoms with E-state index in [1.807, 2.05) is 6.07 Å². The zero-order valence-corrected chi connectivity index (χ0v) is 18.5. The number of aliphatic hydroxyl groups excluding tert-OH is 1. The first-order valence-corrected chi connectivity index (χ1v) is 11.0. The number of benzene rings is 1. The topological polar surface area (TPSA) is 116 Å². The van der Waals surface area contributed by atoms with Gasteiger partial charge in [-0.15, -0.1) is 0 Å². The Morgan fingerprint density at radius 2 is 2.00 bits per heavy atom. The number of carbonyl (C=O) groups is 2. The third kappa shape index (κ3) is 5.15. The molecule has 2 atom stereocenters. The molecule has 2 aliphatic rings. The second kappa shape index (κ2) is 9.35. The van der Waals surface area contributed by atoms with Gasteiger partial charge in [0.25, 0.3) is 5.91 Å². The fraction of sp³-hybridized carbons (Fsp3) is 0.417. The van der Waals surface area contributed by atoms with Gasteiger partial charge in [0.15, 0.2) is 6.10 Å². The van der Waals surface area contributed by atoms with Crippen LogP contribution in [0.4, 0.5) is 14.6 Å². The number of halogens is 2. The highest BCUT2D eigenvalue weighted by atomic mass is 19.3. The van der Waals surface area contributed by atoms with Crippen LogP contribution < -0.4 is 10.1 Å². The predicted molar refractivity (Wildman–Crippen MR) is 118 cm³/mol. The molecule has 2 heterocycles. The molecular weight excluding hydrogens is 446 g/mol. The molecule has 1 aliphatic heterocycles. The summed E-state index contributed by atoms with van der Waals surface area (Å²) in [7, 11) is 0. The summed E-state index contributed by atoms with van der Waals surface area (Å²) in [5.74, 6) is -3.75. The summed E-state index contributed by atoms with van der Waals surface area (Å²) >= 11 is 0. The number of ether oxygens (including phenoxy) is 1. The lowest BCUT2D eigenvalue weighted by molar-refractivity contribution is -0.165. The van der Waals surface area contributed by atoms with Crippen LogP contribution in [0.3, 0.4) is 0 Å². The van der Waals surface area contributed by atoms with Crippen LogP contribution in [-0.2, 0) is 9.59 Å². The van der Waals surface area contributed by atoms with Crippen molar-refractivity contribution in [2.45, 2.75) is 44.3 Å². The van der Waals surface area contributed by atoms with Gasteiger partial charge in [0.05, 0.1) is 12.1 Å². The molecule has 0 bridgehead atoms. The fourth-order valence-corrected chi connectivity index (χ4v) is 3.82. The average Bonchev–Trinajstić information content (AvgIpc) is 3.65. The zero-order chi connectivity index (χ0) is 24.5. The number of hydrogen-bond donors (Lipinski definition) is 2. The highest BCUT2D eigenvalue weighted by Gasteiger charge is 2.48. The molecule has 1 aliphatic carbocycles. The van der Waals surface area contributed by atoms with Crippen molar-refractivity contribution >= 4 is 17.6 Å². The van der Waals surface area contributed by atoms with Gasteiger partial charge in [-0.1, -0.05) is 6.07 Å². The van der Waals surface area contributed by atoms with Crippen LogP contribution in [0.5, 0.6) is 5.75 Å². The van der Waals surface area contributed by atoms with E-state index in [9.17, 15) is 28.7 Å². The quantitative estimate of drug-likeness (QED) is 0.671. The van der Waals surface area contributed by atoms with E-state index in [-0.39, 0.29) is 36.1 Å². The molecule has 2 aromatic rings. The Bertz CT molecular complexity index is 1140. The molecule has 178 valence electrons. The number of piperidine rings is 1. The smallest absolute Gasteiger partial charge is 0.301 e. The van der Waals surface area contributed by atoms with Gasteiger partial charge in [-0.2, -0.15) is 5.26 Å². The van der Waals surface area contributed by atoms with Gasteiger partial charge in [-0.3, -0.25) is 9.59 Å². The maximum absolute atomic E-state index is 14.7. The number of nitrogens with zero attached hydrogens (tertiary/aromatic N) is 3. The summed E-state index contributed by atoms with van der Waals surface area (Å²) in [5.41, 5.74) is 1.41. The number of hydrogen-bond acceptors (Lipinski definition) is 6. The minimum absolute atomic E-state index is 0.0102. The molecule has 1 aromatic heterocycles. The van der Waals surface area contributed by atoms with Gasteiger partial charge in [-0.05, 0) is 55.2 Å². The number of aliphatic hydroxyl groups is 1. The van der Waals surface area contributed by atoms with Gasteiger partial charge in [0.1, 0.15) is 23.7 Å². The van der Waals surface area contributed by atoms with E-state index >= 15 is 0 Å². The first-order chi connectivity index (χ1) is 16.2. The number of rotatable bonds is 6. The Hall–Kier alpha value is -3.58. The zero-order valence-electron chi connectivity index (χ0n) is 18.5. The summed E-state index contributed by atoms with van der Waals surface area (Å²) in [6, 6.07) is 10.0. The standard InChI is InChI=1S/C24H24F2N4O4/c1-14(31)23(33)30-9-7-20(24(25,26)13-30)34-19-5-4-16(10-18(19)12-27)17-6-8-28-21(11-17)29-22(32)15-2-3-15/h4-6,8,10-11,14-15,20,31H,2-3,7,9,13H2,1H3,(H,28,29,32)/t14-,20-/m0/s1. The molecule has 1 saturated heterocycles. The summed E-state index contributed by atoms with van der Waals surface area (Å²) < 4.78 is 34.9. The molecular formula is C24H24F2N4O4. The molecule has 2 fully saturated rings. The molecule has 4 rings (SSSR count). The minimum Gasteiger partial charge on any atom is -0.483 e. The maximum Gasteiger partial charge on any atom is 0.301 e. The summed E-state index contributed by atoms with van der Waals surface area (Å²) in [4.78, 5) is 28.9. The van der Waals surface area contributed by atoms with Crippen LogP contribution in [0.15, 0.2) is 36.5 Å². The van der Waals surface area contributed by atoms with E-state index in [4.69, 9.17) is 4.74 Å². The fourth-order valence-electron chi connectivity index (χ4n) is 3.82. The molecule has 0 spiro atoms. The monoisotopic (exact) mass is 470 g/mol. The lowest BCUT2D eigenvalue weighted by Crippen LogP contribution is -2.56. The molecule has 8 nitrogen and oxygen atoms in total. The Kier molecular flexibility index (Phi) is 6.48. The number of carbonyl (C=O) groups excluding carboxylic acids is 2. The van der Waals surface area contributed by atoms with Gasteiger partial charge < -0.3 is 20.1 Å². The van der Waals surface area contributed by atoms with Gasteiger partial charge in [0, 0.05) is 25.1 Å². The van der Waals surface area contributed by atoms with Crippen molar-refractivity contribution in [3.05, 3.63) is 42.1 Å². The van der Waals surface area contributed by atoms with Gasteiger partial charge in [-0.25, -0.2) is 13.8 Å². The van der Waals surface area contributed by atoms with Crippen molar-refractivity contribution in [1.29, 1.82) is 5.26 Å². The normalized spacial score (nSPS) is 20.2. The van der Waals surface area contributed by atoms with Crippen LogP contribution in [0.2, 0.25) is 0 Å². The highest BCUT2D eigenvalue weighted by Crippen LogP contribution is 2.34. The van der Waals surface area contributed by atoms with Crippen molar-refractivity contribution in [1.82, 2.24) is 9.88 Å². The summed E-state index contributed by atoms with van der Waals surface area (Å²) in [6.45, 7) is 0.376. The lowest BCUT2D eigenvalue weighted by Gasteiger charge is -2.38. The minimum atomic E-state index is -3.35. The lowest BCUT2D eigenvalue weighted by atomic mass is 10.0. The van der Waals surface area contributed by atoms with Crippen LogP contribution >= 0.6 is 0 Å². The number of nitriles is 1. The van der Waals surface area contributed by atoms with Gasteiger partial charge >= 0.3 is 5.92 Å². The number of pyridine rings is 1. The number of likely N-dealkylation sites (tertiary alicyclic amines) is 1. The van der Waals surface area contributed by atoms with E-state index in [1.54, 1.807) is 18.2 Å². The molecule has 0 radical (unpaired) electrons. The SMILES string of the molecule is C[C@H](O)C(=O)N1CC[C@H](Oc2ccc(-c3ccnc(NC(=O)C4CC4)c3)cc2C#N)C(F)(F)C1. The Balaban J connectivity index is 1.49.